The number of benzene rings is 2. The van der Waals surface area contributed by atoms with Gasteiger partial charge >= 0.3 is 6.03 Å². The van der Waals surface area contributed by atoms with Gasteiger partial charge in [-0.25, -0.2) is 4.79 Å². The van der Waals surface area contributed by atoms with E-state index in [-0.39, 0.29) is 25.0 Å². The number of imide groups is 1. The number of carbonyl (C=O) groups excluding carboxylic acids is 3. The van der Waals surface area contributed by atoms with Crippen LogP contribution in [0.5, 0.6) is 11.5 Å². The fraction of sp³-hybridized carbons (Fsp3) is 0.296. The van der Waals surface area contributed by atoms with Crippen LogP contribution in [0.1, 0.15) is 44.9 Å². The molecule has 3 aliphatic rings. The highest BCUT2D eigenvalue weighted by Gasteiger charge is 2.55. The maximum Gasteiger partial charge on any atom is 0.325 e. The fourth-order valence-electron chi connectivity index (χ4n) is 5.51. The minimum absolute atomic E-state index is 0.217. The molecule has 1 spiro atoms. The van der Waals surface area contributed by atoms with E-state index in [2.05, 4.69) is 5.32 Å². The summed E-state index contributed by atoms with van der Waals surface area (Å²) in [6.07, 6.45) is 1.22. The number of hydrogen-bond acceptors (Lipinski definition) is 5. The Kier molecular flexibility index (Phi) is 4.74. The van der Waals surface area contributed by atoms with Crippen molar-refractivity contribution in [2.24, 2.45) is 0 Å². The van der Waals surface area contributed by atoms with Gasteiger partial charge in [0.1, 0.15) is 5.54 Å². The molecule has 3 aromatic rings. The van der Waals surface area contributed by atoms with Crippen LogP contribution >= 0.6 is 0 Å². The molecule has 178 valence electrons. The molecule has 1 aliphatic carbocycles. The topological polar surface area (TPSA) is 89.9 Å². The van der Waals surface area contributed by atoms with Gasteiger partial charge in [0.25, 0.3) is 5.91 Å². The van der Waals surface area contributed by atoms with Gasteiger partial charge in [-0.2, -0.15) is 0 Å². The first-order chi connectivity index (χ1) is 16.9. The fourth-order valence-corrected chi connectivity index (χ4v) is 5.51. The SMILES string of the molecule is Cc1cc(C(=O)CN2C(=O)N[C@@]3(CCc4ccccc43)C2=O)c(C)n1Cc1ccc2c(c1)OCO2. The summed E-state index contributed by atoms with van der Waals surface area (Å²) in [5.41, 5.74) is 4.06. The Morgan fingerprint density at radius 1 is 1.06 bits per heavy atom. The Hall–Kier alpha value is -4.07. The molecule has 6 rings (SSSR count). The van der Waals surface area contributed by atoms with E-state index in [0.29, 0.717) is 30.7 Å². The standard InChI is InChI=1S/C27H25N3O5/c1-16-11-20(17(2)29(16)13-18-7-8-23-24(12-18)35-15-34-23)22(31)14-30-25(32)27(28-26(30)33)10-9-19-5-3-4-6-21(19)27/h3-8,11-12H,9-10,13-15H2,1-2H3,(H,28,33)/t27-/m1/s1. The number of nitrogens with zero attached hydrogens (tertiary/aromatic N) is 2. The first-order valence-electron chi connectivity index (χ1n) is 11.7. The summed E-state index contributed by atoms with van der Waals surface area (Å²) >= 11 is 0. The molecule has 3 heterocycles. The zero-order valence-corrected chi connectivity index (χ0v) is 19.6. The van der Waals surface area contributed by atoms with Crippen molar-refractivity contribution in [1.82, 2.24) is 14.8 Å². The number of aromatic nitrogens is 1. The molecule has 8 nitrogen and oxygen atoms in total. The lowest BCUT2D eigenvalue weighted by Gasteiger charge is -2.22. The lowest BCUT2D eigenvalue weighted by atomic mass is 9.92. The number of rotatable bonds is 5. The van der Waals surface area contributed by atoms with Gasteiger partial charge in [0.05, 0.1) is 6.54 Å². The number of Topliss-reactive ketones (excluding diaryl/α,β-unsaturated/α-hetero) is 1. The summed E-state index contributed by atoms with van der Waals surface area (Å²) < 4.78 is 12.9. The molecule has 1 fully saturated rings. The second-order valence-corrected chi connectivity index (χ2v) is 9.37. The average molecular weight is 472 g/mol. The van der Waals surface area contributed by atoms with Crippen molar-refractivity contribution in [2.75, 3.05) is 13.3 Å². The molecule has 0 unspecified atom stereocenters. The number of urea groups is 1. The summed E-state index contributed by atoms with van der Waals surface area (Å²) in [5.74, 6) is 0.820. The van der Waals surface area contributed by atoms with Gasteiger partial charge in [-0.1, -0.05) is 30.3 Å². The summed E-state index contributed by atoms with van der Waals surface area (Å²) in [7, 11) is 0. The number of fused-ring (bicyclic) bond motifs is 3. The zero-order chi connectivity index (χ0) is 24.3. The monoisotopic (exact) mass is 471 g/mol. The maximum absolute atomic E-state index is 13.4. The lowest BCUT2D eigenvalue weighted by Crippen LogP contribution is -2.42. The van der Waals surface area contributed by atoms with E-state index in [4.69, 9.17) is 9.47 Å². The Balaban J connectivity index is 1.23. The van der Waals surface area contributed by atoms with E-state index >= 15 is 0 Å². The highest BCUT2D eigenvalue weighted by atomic mass is 16.7. The van der Waals surface area contributed by atoms with Gasteiger partial charge in [-0.05, 0) is 61.6 Å². The molecule has 0 bridgehead atoms. The third-order valence-electron chi connectivity index (χ3n) is 7.38. The molecule has 1 atom stereocenters. The largest absolute Gasteiger partial charge is 0.454 e. The lowest BCUT2D eigenvalue weighted by molar-refractivity contribution is -0.131. The van der Waals surface area contributed by atoms with Crippen molar-refractivity contribution in [2.45, 2.75) is 38.8 Å². The van der Waals surface area contributed by atoms with Crippen LogP contribution in [0, 0.1) is 13.8 Å². The van der Waals surface area contributed by atoms with Gasteiger partial charge in [0, 0.05) is 23.5 Å². The summed E-state index contributed by atoms with van der Waals surface area (Å²) in [6.45, 7) is 4.31. The Labute approximate surface area is 202 Å². The predicted molar refractivity (Wildman–Crippen MR) is 127 cm³/mol. The molecule has 1 N–H and O–H groups in total. The summed E-state index contributed by atoms with van der Waals surface area (Å²) in [6, 6.07) is 14.8. The quantitative estimate of drug-likeness (QED) is 0.455. The maximum atomic E-state index is 13.4. The molecule has 2 aromatic carbocycles. The Morgan fingerprint density at radius 2 is 1.86 bits per heavy atom. The number of ether oxygens (including phenoxy) is 2. The summed E-state index contributed by atoms with van der Waals surface area (Å²) in [5, 5.41) is 2.88. The van der Waals surface area contributed by atoms with Crippen LogP contribution < -0.4 is 14.8 Å². The number of nitrogens with one attached hydrogen (secondary N) is 1. The molecule has 35 heavy (non-hydrogen) atoms. The molecule has 0 saturated carbocycles. The highest BCUT2D eigenvalue weighted by molar-refractivity contribution is 6.12. The molecule has 0 radical (unpaired) electrons. The Bertz CT molecular complexity index is 1410. The Morgan fingerprint density at radius 3 is 2.71 bits per heavy atom. The number of hydrogen-bond donors (Lipinski definition) is 1. The molecular formula is C27H25N3O5. The van der Waals surface area contributed by atoms with Crippen molar-refractivity contribution in [3.8, 4) is 11.5 Å². The number of aryl methyl sites for hydroxylation is 2. The van der Waals surface area contributed by atoms with Crippen LogP contribution in [0.3, 0.4) is 0 Å². The first-order valence-corrected chi connectivity index (χ1v) is 11.7. The summed E-state index contributed by atoms with van der Waals surface area (Å²) in [4.78, 5) is 40.6. The molecule has 3 amide bonds. The average Bonchev–Trinajstić information content (AvgIpc) is 3.59. The van der Waals surface area contributed by atoms with Crippen LogP contribution in [-0.2, 0) is 23.3 Å². The number of carbonyl (C=O) groups is 3. The van der Waals surface area contributed by atoms with Crippen LogP contribution in [0.15, 0.2) is 48.5 Å². The van der Waals surface area contributed by atoms with Gasteiger partial charge in [-0.3, -0.25) is 14.5 Å². The third kappa shape index (κ3) is 3.24. The van der Waals surface area contributed by atoms with E-state index < -0.39 is 11.6 Å². The van der Waals surface area contributed by atoms with Crippen LogP contribution in [-0.4, -0.2) is 40.5 Å². The molecule has 2 aliphatic heterocycles. The van der Waals surface area contributed by atoms with Crippen LogP contribution in [0.25, 0.3) is 0 Å². The predicted octanol–water partition coefficient (Wildman–Crippen LogP) is 3.46. The van der Waals surface area contributed by atoms with Crippen molar-refractivity contribution in [1.29, 1.82) is 0 Å². The van der Waals surface area contributed by atoms with E-state index in [1.165, 1.54) is 0 Å². The molecule has 1 aromatic heterocycles. The van der Waals surface area contributed by atoms with Crippen LogP contribution in [0.4, 0.5) is 4.79 Å². The number of amides is 3. The highest BCUT2D eigenvalue weighted by Crippen LogP contribution is 2.41. The second kappa shape index (κ2) is 7.73. The van der Waals surface area contributed by atoms with Crippen molar-refractivity contribution < 1.29 is 23.9 Å². The zero-order valence-electron chi connectivity index (χ0n) is 19.6. The van der Waals surface area contributed by atoms with Crippen molar-refractivity contribution in [3.05, 3.63) is 82.2 Å². The van der Waals surface area contributed by atoms with E-state index in [9.17, 15) is 14.4 Å². The minimum Gasteiger partial charge on any atom is -0.454 e. The van der Waals surface area contributed by atoms with Crippen molar-refractivity contribution in [3.63, 3.8) is 0 Å². The molecule has 1 saturated heterocycles. The van der Waals surface area contributed by atoms with Gasteiger partial charge in [0.2, 0.25) is 6.79 Å². The van der Waals surface area contributed by atoms with E-state index in [1.54, 1.807) is 0 Å². The third-order valence-corrected chi connectivity index (χ3v) is 7.38. The first kappa shape index (κ1) is 21.5. The van der Waals surface area contributed by atoms with Gasteiger partial charge < -0.3 is 19.4 Å². The van der Waals surface area contributed by atoms with Gasteiger partial charge in [-0.15, -0.1) is 0 Å². The van der Waals surface area contributed by atoms with E-state index in [1.807, 2.05) is 66.9 Å². The van der Waals surface area contributed by atoms with Crippen molar-refractivity contribution >= 4 is 17.7 Å². The molecule has 8 heteroatoms. The van der Waals surface area contributed by atoms with Crippen LogP contribution in [0.2, 0.25) is 0 Å². The van der Waals surface area contributed by atoms with Gasteiger partial charge in [0.15, 0.2) is 17.3 Å². The second-order valence-electron chi connectivity index (χ2n) is 9.37. The normalized spacial score (nSPS) is 20.0. The number of ketones is 1. The van der Waals surface area contributed by atoms with E-state index in [0.717, 1.165) is 38.7 Å². The molecular weight excluding hydrogens is 446 g/mol. The smallest absolute Gasteiger partial charge is 0.325 e. The minimum atomic E-state index is -1.07.